The lowest BCUT2D eigenvalue weighted by molar-refractivity contribution is 0.194. The number of carbonyl (C=O) groups is 1. The second kappa shape index (κ2) is 8.02. The number of nitrogens with one attached hydrogen (secondary N) is 2. The van der Waals surface area contributed by atoms with Gasteiger partial charge < -0.3 is 10.2 Å². The fourth-order valence-corrected chi connectivity index (χ4v) is 2.95. The van der Waals surface area contributed by atoms with Crippen LogP contribution in [0.15, 0.2) is 54.6 Å². The molecule has 0 unspecified atom stereocenters. The minimum atomic E-state index is -3.33. The van der Waals surface area contributed by atoms with Crippen LogP contribution in [0.5, 0.6) is 0 Å². The quantitative estimate of drug-likeness (QED) is 0.830. The highest BCUT2D eigenvalue weighted by Crippen LogP contribution is 2.18. The molecule has 2 aromatic carbocycles. The topological polar surface area (TPSA) is 78.5 Å². The third kappa shape index (κ3) is 5.79. The maximum absolute atomic E-state index is 12.3. The number of hydrogen-bond donors (Lipinski definition) is 2. The zero-order chi connectivity index (χ0) is 18.4. The first-order chi connectivity index (χ1) is 11.8. The maximum atomic E-state index is 12.3. The molecule has 0 aliphatic heterocycles. The van der Waals surface area contributed by atoms with E-state index in [1.54, 1.807) is 30.1 Å². The van der Waals surface area contributed by atoms with E-state index in [2.05, 4.69) is 10.0 Å². The Hall–Kier alpha value is -2.54. The van der Waals surface area contributed by atoms with Gasteiger partial charge >= 0.3 is 6.03 Å². The van der Waals surface area contributed by atoms with Crippen LogP contribution >= 0.6 is 0 Å². The monoisotopic (exact) mass is 361 g/mol. The van der Waals surface area contributed by atoms with Gasteiger partial charge in [0.05, 0.1) is 12.3 Å². The molecule has 1 atom stereocenters. The van der Waals surface area contributed by atoms with E-state index in [1.807, 2.05) is 43.3 Å². The predicted molar refractivity (Wildman–Crippen MR) is 99.8 cm³/mol. The third-order valence-corrected chi connectivity index (χ3v) is 4.46. The number of amides is 2. The van der Waals surface area contributed by atoms with Crippen LogP contribution in [0.2, 0.25) is 0 Å². The molecule has 2 N–H and O–H groups in total. The maximum Gasteiger partial charge on any atom is 0.317 e. The Labute approximate surface area is 148 Å². The second-order valence-electron chi connectivity index (χ2n) is 5.93. The van der Waals surface area contributed by atoms with Crippen LogP contribution in [-0.4, -0.2) is 32.7 Å². The van der Waals surface area contributed by atoms with E-state index < -0.39 is 10.0 Å². The van der Waals surface area contributed by atoms with Crippen molar-refractivity contribution in [3.8, 4) is 0 Å². The number of anilines is 1. The van der Waals surface area contributed by atoms with E-state index >= 15 is 0 Å². The summed E-state index contributed by atoms with van der Waals surface area (Å²) < 4.78 is 25.0. The summed E-state index contributed by atoms with van der Waals surface area (Å²) in [4.78, 5) is 14.0. The van der Waals surface area contributed by atoms with Crippen molar-refractivity contribution in [2.75, 3.05) is 18.0 Å². The lowest BCUT2D eigenvalue weighted by Gasteiger charge is -2.25. The van der Waals surface area contributed by atoms with E-state index in [0.29, 0.717) is 12.2 Å². The van der Waals surface area contributed by atoms with Gasteiger partial charge in [-0.3, -0.25) is 4.72 Å². The lowest BCUT2D eigenvalue weighted by atomic mass is 10.1. The van der Waals surface area contributed by atoms with E-state index in [4.69, 9.17) is 0 Å². The Bertz CT molecular complexity index is 822. The Morgan fingerprint density at radius 2 is 1.80 bits per heavy atom. The Kier molecular flexibility index (Phi) is 6.03. The fourth-order valence-electron chi connectivity index (χ4n) is 2.39. The lowest BCUT2D eigenvalue weighted by Crippen LogP contribution is -2.38. The fraction of sp³-hybridized carbons (Fsp3) is 0.278. The van der Waals surface area contributed by atoms with Crippen LogP contribution in [0.4, 0.5) is 10.5 Å². The van der Waals surface area contributed by atoms with E-state index in [9.17, 15) is 13.2 Å². The molecule has 0 spiro atoms. The first-order valence-corrected chi connectivity index (χ1v) is 9.78. The van der Waals surface area contributed by atoms with E-state index in [0.717, 1.165) is 17.4 Å². The second-order valence-corrected chi connectivity index (χ2v) is 7.68. The van der Waals surface area contributed by atoms with Gasteiger partial charge in [-0.1, -0.05) is 42.5 Å². The molecular weight excluding hydrogens is 338 g/mol. The van der Waals surface area contributed by atoms with Gasteiger partial charge in [0.1, 0.15) is 0 Å². The largest absolute Gasteiger partial charge is 0.334 e. The summed E-state index contributed by atoms with van der Waals surface area (Å²) in [7, 11) is -1.58. The summed E-state index contributed by atoms with van der Waals surface area (Å²) in [6.07, 6.45) is 1.10. The van der Waals surface area contributed by atoms with Crippen LogP contribution in [-0.2, 0) is 16.6 Å². The van der Waals surface area contributed by atoms with Crippen molar-refractivity contribution in [1.29, 1.82) is 0 Å². The summed E-state index contributed by atoms with van der Waals surface area (Å²) in [6.45, 7) is 2.27. The SMILES string of the molecule is C[C@@H](c1ccccc1)N(C)C(=O)NCc1cccc(NS(C)(=O)=O)c1. The van der Waals surface area contributed by atoms with Gasteiger partial charge in [-0.15, -0.1) is 0 Å². The smallest absolute Gasteiger partial charge is 0.317 e. The summed E-state index contributed by atoms with van der Waals surface area (Å²) in [5.74, 6) is 0. The van der Waals surface area contributed by atoms with Gasteiger partial charge in [0.25, 0.3) is 0 Å². The number of hydrogen-bond acceptors (Lipinski definition) is 3. The first-order valence-electron chi connectivity index (χ1n) is 7.88. The molecule has 6 nitrogen and oxygen atoms in total. The number of urea groups is 1. The van der Waals surface area contributed by atoms with Gasteiger partial charge in [-0.25, -0.2) is 13.2 Å². The van der Waals surface area contributed by atoms with Crippen LogP contribution in [0, 0.1) is 0 Å². The Balaban J connectivity index is 1.96. The number of nitrogens with zero attached hydrogens (tertiary/aromatic N) is 1. The molecule has 0 radical (unpaired) electrons. The highest BCUT2D eigenvalue weighted by Gasteiger charge is 2.16. The first kappa shape index (κ1) is 18.8. The zero-order valence-electron chi connectivity index (χ0n) is 14.6. The summed E-state index contributed by atoms with van der Waals surface area (Å²) >= 11 is 0. The number of rotatable bonds is 6. The molecule has 7 heteroatoms. The molecule has 2 aromatic rings. The van der Waals surface area contributed by atoms with Crippen molar-refractivity contribution in [3.05, 3.63) is 65.7 Å². The molecule has 0 saturated heterocycles. The van der Waals surface area contributed by atoms with Crippen molar-refractivity contribution in [3.63, 3.8) is 0 Å². The van der Waals surface area contributed by atoms with Crippen molar-refractivity contribution in [1.82, 2.24) is 10.2 Å². The highest BCUT2D eigenvalue weighted by molar-refractivity contribution is 7.92. The average Bonchev–Trinajstić information content (AvgIpc) is 2.58. The standard InChI is InChI=1S/C18H23N3O3S/c1-14(16-9-5-4-6-10-16)21(2)18(22)19-13-15-8-7-11-17(12-15)20-25(3,23)24/h4-12,14,20H,13H2,1-3H3,(H,19,22)/t14-/m0/s1. The molecular formula is C18H23N3O3S. The minimum Gasteiger partial charge on any atom is -0.334 e. The van der Waals surface area contributed by atoms with Crippen LogP contribution in [0.3, 0.4) is 0 Å². The zero-order valence-corrected chi connectivity index (χ0v) is 15.4. The minimum absolute atomic E-state index is 0.0561. The molecule has 2 amide bonds. The number of benzene rings is 2. The summed E-state index contributed by atoms with van der Waals surface area (Å²) in [5, 5.41) is 2.85. The number of carbonyl (C=O) groups excluding carboxylic acids is 1. The van der Waals surface area contributed by atoms with E-state index in [-0.39, 0.29) is 12.1 Å². The van der Waals surface area contributed by atoms with Gasteiger partial charge in [0, 0.05) is 19.3 Å². The summed E-state index contributed by atoms with van der Waals surface area (Å²) in [5.41, 5.74) is 2.34. The molecule has 0 aliphatic carbocycles. The molecule has 2 rings (SSSR count). The van der Waals surface area contributed by atoms with Gasteiger partial charge in [0.15, 0.2) is 0 Å². The molecule has 0 saturated carbocycles. The number of sulfonamides is 1. The molecule has 0 aromatic heterocycles. The van der Waals surface area contributed by atoms with Crippen molar-refractivity contribution in [2.24, 2.45) is 0 Å². The van der Waals surface area contributed by atoms with Gasteiger partial charge in [0.2, 0.25) is 10.0 Å². The van der Waals surface area contributed by atoms with Crippen molar-refractivity contribution >= 4 is 21.7 Å². The van der Waals surface area contributed by atoms with Crippen molar-refractivity contribution < 1.29 is 13.2 Å². The molecule has 134 valence electrons. The van der Waals surface area contributed by atoms with Crippen LogP contribution < -0.4 is 10.0 Å². The Morgan fingerprint density at radius 3 is 2.44 bits per heavy atom. The molecule has 0 fully saturated rings. The normalized spacial score (nSPS) is 12.3. The molecule has 0 aliphatic rings. The van der Waals surface area contributed by atoms with Crippen molar-refractivity contribution in [2.45, 2.75) is 19.5 Å². The molecule has 25 heavy (non-hydrogen) atoms. The predicted octanol–water partition coefficient (Wildman–Crippen LogP) is 2.96. The third-order valence-electron chi connectivity index (χ3n) is 3.86. The Morgan fingerprint density at radius 1 is 1.12 bits per heavy atom. The molecule has 0 bridgehead atoms. The van der Waals surface area contributed by atoms with Gasteiger partial charge in [-0.2, -0.15) is 0 Å². The van der Waals surface area contributed by atoms with Gasteiger partial charge in [-0.05, 0) is 30.2 Å². The summed E-state index contributed by atoms with van der Waals surface area (Å²) in [6, 6.07) is 16.5. The van der Waals surface area contributed by atoms with Crippen LogP contribution in [0.25, 0.3) is 0 Å². The molecule has 0 heterocycles. The average molecular weight is 361 g/mol. The van der Waals surface area contributed by atoms with Crippen LogP contribution in [0.1, 0.15) is 24.1 Å². The van der Waals surface area contributed by atoms with E-state index in [1.165, 1.54) is 0 Å². The highest BCUT2D eigenvalue weighted by atomic mass is 32.2.